The van der Waals surface area contributed by atoms with E-state index in [9.17, 15) is 0 Å². The summed E-state index contributed by atoms with van der Waals surface area (Å²) in [5.41, 5.74) is 45.3. The van der Waals surface area contributed by atoms with Crippen LogP contribution in [0.3, 0.4) is 0 Å². The van der Waals surface area contributed by atoms with E-state index in [1.54, 1.807) is 0 Å². The number of hydrogen-bond acceptors (Lipinski definition) is 0. The minimum absolute atomic E-state index is 0.942. The summed E-state index contributed by atoms with van der Waals surface area (Å²) < 4.78 is 5.46. The van der Waals surface area contributed by atoms with Crippen LogP contribution in [0.5, 0.6) is 0 Å². The topological polar surface area (TPSA) is 9.86 Å². The summed E-state index contributed by atoms with van der Waals surface area (Å²) in [5, 5.41) is 5.74. The monoisotopic (exact) mass is 805 g/mol. The molecule has 314 valence electrons. The maximum absolute atomic E-state index is 2.73. The minimum atomic E-state index is 0.942. The Balaban J connectivity index is 1.41. The van der Waals surface area contributed by atoms with Gasteiger partial charge in [-0.1, -0.05) is 0 Å². The van der Waals surface area contributed by atoms with Crippen molar-refractivity contribution < 1.29 is 0 Å². The van der Waals surface area contributed by atoms with Crippen LogP contribution in [0.2, 0.25) is 0 Å². The first-order valence-electron chi connectivity index (χ1n) is 22.8. The van der Waals surface area contributed by atoms with Gasteiger partial charge in [-0.05, 0) is 303 Å². The maximum atomic E-state index is 2.73. The molecule has 1 aliphatic rings. The van der Waals surface area contributed by atoms with Gasteiger partial charge in [0.25, 0.3) is 0 Å². The third kappa shape index (κ3) is 4.80. The van der Waals surface area contributed by atoms with Crippen LogP contribution in [0, 0.1) is 152 Å². The first kappa shape index (κ1) is 41.3. The van der Waals surface area contributed by atoms with E-state index < -0.39 is 0 Å². The van der Waals surface area contributed by atoms with Gasteiger partial charge in [-0.15, -0.1) is 0 Å². The summed E-state index contributed by atoms with van der Waals surface area (Å²) in [6, 6.07) is 0. The molecule has 6 aromatic carbocycles. The van der Waals surface area contributed by atoms with Crippen molar-refractivity contribution in [2.45, 2.75) is 159 Å². The van der Waals surface area contributed by atoms with E-state index in [0.29, 0.717) is 0 Å². The summed E-state index contributed by atoms with van der Waals surface area (Å²) in [5.74, 6) is 0. The molecule has 1 aliphatic carbocycles. The standard InChI is InChI=1S/C59H68N2/c1-24-28(5)38(15)56-50(32(24)9)51-33(10)25(2)29(6)39(16)57(51)60(56)54-42(19)36(13)48-46(44(54)21)23-47-45(22)55(43(20)37(14)49(47)48)61-58-40(17)30(7)26(3)34(11)52(58)53-35(12)27(4)31(8)41(18)59(53)61/h23H2,1-22H3. The highest BCUT2D eigenvalue weighted by Crippen LogP contribution is 2.53. The van der Waals surface area contributed by atoms with Crippen LogP contribution in [0.4, 0.5) is 0 Å². The molecule has 0 amide bonds. The van der Waals surface area contributed by atoms with E-state index in [-0.39, 0.29) is 0 Å². The molecule has 61 heavy (non-hydrogen) atoms. The van der Waals surface area contributed by atoms with Crippen molar-refractivity contribution in [1.82, 2.24) is 9.13 Å². The summed E-state index contributed by atoms with van der Waals surface area (Å²) in [7, 11) is 0. The van der Waals surface area contributed by atoms with E-state index in [0.717, 1.165) is 6.42 Å². The molecule has 0 atom stereocenters. The fourth-order valence-electron chi connectivity index (χ4n) is 12.6. The van der Waals surface area contributed by atoms with Gasteiger partial charge >= 0.3 is 0 Å². The maximum Gasteiger partial charge on any atom is 0.0576 e. The van der Waals surface area contributed by atoms with Crippen molar-refractivity contribution in [3.8, 4) is 22.5 Å². The number of fused-ring (bicyclic) bond motifs is 9. The molecule has 0 unspecified atom stereocenters. The second-order valence-corrected chi connectivity index (χ2v) is 19.9. The van der Waals surface area contributed by atoms with E-state index in [1.807, 2.05) is 0 Å². The molecule has 0 N–H and O–H groups in total. The van der Waals surface area contributed by atoms with Gasteiger partial charge in [0.1, 0.15) is 0 Å². The average Bonchev–Trinajstić information content (AvgIpc) is 3.92. The lowest BCUT2D eigenvalue weighted by molar-refractivity contribution is 1.05. The summed E-state index contributed by atoms with van der Waals surface area (Å²) in [6.07, 6.45) is 0.942. The van der Waals surface area contributed by atoms with Crippen molar-refractivity contribution in [2.75, 3.05) is 0 Å². The Morgan fingerprint density at radius 3 is 0.656 bits per heavy atom. The Morgan fingerprint density at radius 2 is 0.426 bits per heavy atom. The van der Waals surface area contributed by atoms with Gasteiger partial charge in [0.2, 0.25) is 0 Å². The molecule has 0 bridgehead atoms. The Kier molecular flexibility index (Phi) is 8.94. The van der Waals surface area contributed by atoms with Gasteiger partial charge in [-0.25, -0.2) is 0 Å². The lowest BCUT2D eigenvalue weighted by Gasteiger charge is -2.25. The van der Waals surface area contributed by atoms with Gasteiger partial charge in [0, 0.05) is 21.5 Å². The second-order valence-electron chi connectivity index (χ2n) is 19.9. The zero-order valence-corrected chi connectivity index (χ0v) is 41.6. The normalized spacial score (nSPS) is 12.7. The van der Waals surface area contributed by atoms with Crippen LogP contribution in [0.15, 0.2) is 0 Å². The molecule has 9 rings (SSSR count). The summed E-state index contributed by atoms with van der Waals surface area (Å²) in [6.45, 7) is 52.1. The second kappa shape index (κ2) is 13.2. The molecule has 0 aliphatic heterocycles. The Hall–Kier alpha value is -5.08. The predicted octanol–water partition coefficient (Wildman–Crippen LogP) is 16.2. The Bertz CT molecular complexity index is 3030. The number of hydrogen-bond donors (Lipinski definition) is 0. The van der Waals surface area contributed by atoms with E-state index in [2.05, 4.69) is 161 Å². The van der Waals surface area contributed by atoms with Crippen LogP contribution in [-0.2, 0) is 6.42 Å². The molecule has 2 heteroatoms. The molecule has 2 aromatic heterocycles. The number of aryl methyl sites for hydroxylation is 8. The molecular weight excluding hydrogens is 737 g/mol. The average molecular weight is 805 g/mol. The molecule has 0 spiro atoms. The highest BCUT2D eigenvalue weighted by atomic mass is 15.0. The number of rotatable bonds is 2. The first-order valence-corrected chi connectivity index (χ1v) is 22.8. The number of aromatic nitrogens is 2. The van der Waals surface area contributed by atoms with E-state index in [1.165, 1.54) is 200 Å². The van der Waals surface area contributed by atoms with Gasteiger partial charge < -0.3 is 9.13 Å². The molecule has 8 aromatic rings. The zero-order valence-electron chi connectivity index (χ0n) is 41.6. The van der Waals surface area contributed by atoms with Crippen molar-refractivity contribution in [1.29, 1.82) is 0 Å². The Labute approximate surface area is 366 Å². The zero-order chi connectivity index (χ0) is 44.6. The van der Waals surface area contributed by atoms with Crippen LogP contribution >= 0.6 is 0 Å². The lowest BCUT2D eigenvalue weighted by Crippen LogP contribution is -2.08. The lowest BCUT2D eigenvalue weighted by atomic mass is 9.87. The molecule has 0 saturated carbocycles. The third-order valence-corrected chi connectivity index (χ3v) is 17.9. The molecule has 0 fully saturated rings. The van der Waals surface area contributed by atoms with Crippen LogP contribution in [0.25, 0.3) is 66.1 Å². The van der Waals surface area contributed by atoms with Gasteiger partial charge in [-0.3, -0.25) is 0 Å². The molecule has 0 radical (unpaired) electrons. The molecule has 0 saturated heterocycles. The minimum Gasteiger partial charge on any atom is -0.308 e. The first-order chi connectivity index (χ1) is 28.5. The highest BCUT2D eigenvalue weighted by Gasteiger charge is 2.35. The SMILES string of the molecule is Cc1c(C)c(-n2c3c(C)c(C)c(C)c(C)c3c3c(C)c(C)c(C)c(C)c32)c(C)c2c1-c1c(C)c(C)c(-n3c4c(C)c(C)c(C)c(C)c4c4c(C)c(C)c(C)c(C)c43)c(C)c1C2. The highest BCUT2D eigenvalue weighted by molar-refractivity contribution is 6.17. The Morgan fingerprint density at radius 1 is 0.213 bits per heavy atom. The smallest absolute Gasteiger partial charge is 0.0576 e. The molecule has 2 heterocycles. The van der Waals surface area contributed by atoms with Crippen molar-refractivity contribution in [3.05, 3.63) is 134 Å². The van der Waals surface area contributed by atoms with Crippen LogP contribution in [-0.4, -0.2) is 9.13 Å². The van der Waals surface area contributed by atoms with Crippen LogP contribution in [0.1, 0.15) is 134 Å². The van der Waals surface area contributed by atoms with Gasteiger partial charge in [-0.2, -0.15) is 0 Å². The fraction of sp³-hybridized carbons (Fsp3) is 0.390. The van der Waals surface area contributed by atoms with Crippen molar-refractivity contribution in [3.63, 3.8) is 0 Å². The summed E-state index contributed by atoms with van der Waals surface area (Å²) >= 11 is 0. The quantitative estimate of drug-likeness (QED) is 0.165. The van der Waals surface area contributed by atoms with Gasteiger partial charge in [0.15, 0.2) is 0 Å². The summed E-state index contributed by atoms with van der Waals surface area (Å²) in [4.78, 5) is 0. The molecular formula is C59H68N2. The number of nitrogens with zero attached hydrogens (tertiary/aromatic N) is 2. The third-order valence-electron chi connectivity index (χ3n) is 17.9. The van der Waals surface area contributed by atoms with Crippen LogP contribution < -0.4 is 0 Å². The van der Waals surface area contributed by atoms with Crippen molar-refractivity contribution >= 4 is 43.6 Å². The molecule has 2 nitrogen and oxygen atoms in total. The van der Waals surface area contributed by atoms with E-state index >= 15 is 0 Å². The predicted molar refractivity (Wildman–Crippen MR) is 268 cm³/mol. The van der Waals surface area contributed by atoms with Crippen molar-refractivity contribution in [2.24, 2.45) is 0 Å². The number of benzene rings is 6. The van der Waals surface area contributed by atoms with Gasteiger partial charge in [0.05, 0.1) is 33.4 Å². The fourth-order valence-corrected chi connectivity index (χ4v) is 12.6. The van der Waals surface area contributed by atoms with E-state index in [4.69, 9.17) is 0 Å². The largest absolute Gasteiger partial charge is 0.308 e.